The molecule has 1 aliphatic rings. The van der Waals surface area contributed by atoms with Gasteiger partial charge in [-0.25, -0.2) is 0 Å². The molecule has 1 aromatic carbocycles. The monoisotopic (exact) mass is 280 g/mol. The van der Waals surface area contributed by atoms with Crippen LogP contribution in [0.25, 0.3) is 0 Å². The first kappa shape index (κ1) is 14.2. The molecule has 3 nitrogen and oxygen atoms in total. The second-order valence-electron chi connectivity index (χ2n) is 5.31. The van der Waals surface area contributed by atoms with E-state index in [-0.39, 0.29) is 5.91 Å². The minimum Gasteiger partial charge on any atom is -0.397 e. The number of benzene rings is 1. The summed E-state index contributed by atoms with van der Waals surface area (Å²) in [4.78, 5) is 12.1. The summed E-state index contributed by atoms with van der Waals surface area (Å²) in [7, 11) is 0. The molecule has 0 radical (unpaired) electrons. The number of nitrogen functional groups attached to an aromatic ring is 1. The molecule has 1 saturated carbocycles. The summed E-state index contributed by atoms with van der Waals surface area (Å²) in [5, 5.41) is 3.34. The zero-order chi connectivity index (χ0) is 13.7. The van der Waals surface area contributed by atoms with Crippen LogP contribution >= 0.6 is 11.6 Å². The predicted molar refractivity (Wildman–Crippen MR) is 80.3 cm³/mol. The Kier molecular flexibility index (Phi) is 5.08. The van der Waals surface area contributed by atoms with Gasteiger partial charge in [-0.2, -0.15) is 0 Å². The molecule has 0 saturated heterocycles. The van der Waals surface area contributed by atoms with Crippen LogP contribution < -0.4 is 11.1 Å². The molecule has 1 fully saturated rings. The average molecular weight is 281 g/mol. The minimum absolute atomic E-state index is 0.0201. The van der Waals surface area contributed by atoms with Crippen LogP contribution in [0.1, 0.15) is 44.9 Å². The van der Waals surface area contributed by atoms with E-state index in [2.05, 4.69) is 5.32 Å². The Labute approximate surface area is 119 Å². The zero-order valence-electron chi connectivity index (χ0n) is 11.1. The summed E-state index contributed by atoms with van der Waals surface area (Å²) in [6.45, 7) is 0. The van der Waals surface area contributed by atoms with Gasteiger partial charge in [0.1, 0.15) is 0 Å². The number of carbonyl (C=O) groups excluding carboxylic acids is 1. The third kappa shape index (κ3) is 4.13. The fourth-order valence-corrected chi connectivity index (χ4v) is 2.92. The molecule has 2 rings (SSSR count). The fraction of sp³-hybridized carbons (Fsp3) is 0.533. The van der Waals surface area contributed by atoms with E-state index < -0.39 is 0 Å². The maximum absolute atomic E-state index is 12.1. The first-order chi connectivity index (χ1) is 9.16. The molecule has 19 heavy (non-hydrogen) atoms. The number of anilines is 2. The van der Waals surface area contributed by atoms with Gasteiger partial charge in [-0.05, 0) is 30.9 Å². The smallest absolute Gasteiger partial charge is 0.224 e. The van der Waals surface area contributed by atoms with Gasteiger partial charge in [-0.3, -0.25) is 4.79 Å². The number of hydrogen-bond donors (Lipinski definition) is 2. The molecule has 0 spiro atoms. The molecule has 0 aromatic heterocycles. The quantitative estimate of drug-likeness (QED) is 0.643. The van der Waals surface area contributed by atoms with Crippen molar-refractivity contribution in [2.24, 2.45) is 5.92 Å². The number of hydrogen-bond acceptors (Lipinski definition) is 2. The lowest BCUT2D eigenvalue weighted by Gasteiger charge is -2.15. The summed E-state index contributed by atoms with van der Waals surface area (Å²) >= 11 is 6.05. The van der Waals surface area contributed by atoms with E-state index in [9.17, 15) is 4.79 Å². The second kappa shape index (κ2) is 6.80. The largest absolute Gasteiger partial charge is 0.397 e. The molecule has 1 amide bonds. The molecule has 0 heterocycles. The van der Waals surface area contributed by atoms with Gasteiger partial charge in [0.25, 0.3) is 0 Å². The molecule has 4 heteroatoms. The normalized spacial score (nSPS) is 16.9. The van der Waals surface area contributed by atoms with Gasteiger partial charge in [0.2, 0.25) is 5.91 Å². The SMILES string of the molecule is Nc1cccc(Cl)c1NC(=O)CC1CCCCCC1. The Morgan fingerprint density at radius 3 is 2.58 bits per heavy atom. The van der Waals surface area contributed by atoms with Gasteiger partial charge in [-0.1, -0.05) is 43.4 Å². The van der Waals surface area contributed by atoms with Gasteiger partial charge < -0.3 is 11.1 Å². The molecule has 0 unspecified atom stereocenters. The Balaban J connectivity index is 1.93. The molecule has 0 bridgehead atoms. The topological polar surface area (TPSA) is 55.1 Å². The van der Waals surface area contributed by atoms with E-state index in [1.165, 1.54) is 25.7 Å². The lowest BCUT2D eigenvalue weighted by atomic mass is 9.96. The lowest BCUT2D eigenvalue weighted by molar-refractivity contribution is -0.117. The summed E-state index contributed by atoms with van der Waals surface area (Å²) in [5.74, 6) is 0.526. The van der Waals surface area contributed by atoms with Crippen LogP contribution in [0.5, 0.6) is 0 Å². The number of nitrogens with two attached hydrogens (primary N) is 1. The van der Waals surface area contributed by atoms with E-state index in [1.807, 2.05) is 0 Å². The van der Waals surface area contributed by atoms with Gasteiger partial charge in [0, 0.05) is 6.42 Å². The minimum atomic E-state index is 0.0201. The molecular weight excluding hydrogens is 260 g/mol. The number of amides is 1. The summed E-state index contributed by atoms with van der Waals surface area (Å²) < 4.78 is 0. The van der Waals surface area contributed by atoms with E-state index in [0.717, 1.165) is 12.8 Å². The third-order valence-electron chi connectivity index (χ3n) is 3.76. The Morgan fingerprint density at radius 2 is 1.95 bits per heavy atom. The van der Waals surface area contributed by atoms with Crippen LogP contribution in [0.3, 0.4) is 0 Å². The standard InChI is InChI=1S/C15H21ClN2O/c16-12-8-5-9-13(17)15(12)18-14(19)10-11-6-3-1-2-4-7-11/h5,8-9,11H,1-4,6-7,10,17H2,(H,18,19). The van der Waals surface area contributed by atoms with E-state index in [4.69, 9.17) is 17.3 Å². The number of carbonyl (C=O) groups is 1. The molecule has 1 aliphatic carbocycles. The van der Waals surface area contributed by atoms with Crippen molar-refractivity contribution in [3.8, 4) is 0 Å². The van der Waals surface area contributed by atoms with Crippen molar-refractivity contribution in [3.05, 3.63) is 23.2 Å². The number of para-hydroxylation sites is 1. The highest BCUT2D eigenvalue weighted by Crippen LogP contribution is 2.29. The van der Waals surface area contributed by atoms with Gasteiger partial charge in [-0.15, -0.1) is 0 Å². The second-order valence-corrected chi connectivity index (χ2v) is 5.72. The van der Waals surface area contributed by atoms with Crippen molar-refractivity contribution in [2.45, 2.75) is 44.9 Å². The van der Waals surface area contributed by atoms with Crippen LogP contribution in [-0.2, 0) is 4.79 Å². The summed E-state index contributed by atoms with van der Waals surface area (Å²) in [5.41, 5.74) is 6.89. The zero-order valence-corrected chi connectivity index (χ0v) is 11.9. The van der Waals surface area contributed by atoms with Crippen molar-refractivity contribution in [3.63, 3.8) is 0 Å². The highest BCUT2D eigenvalue weighted by Gasteiger charge is 2.17. The van der Waals surface area contributed by atoms with Crippen LogP contribution in [0.15, 0.2) is 18.2 Å². The number of nitrogens with one attached hydrogen (secondary N) is 1. The third-order valence-corrected chi connectivity index (χ3v) is 4.07. The molecule has 0 atom stereocenters. The van der Waals surface area contributed by atoms with Crippen molar-refractivity contribution in [2.75, 3.05) is 11.1 Å². The van der Waals surface area contributed by atoms with Crippen molar-refractivity contribution >= 4 is 28.9 Å². The van der Waals surface area contributed by atoms with Crippen molar-refractivity contribution in [1.82, 2.24) is 0 Å². The average Bonchev–Trinajstić information content (AvgIpc) is 2.63. The molecule has 0 aliphatic heterocycles. The van der Waals surface area contributed by atoms with Crippen LogP contribution in [-0.4, -0.2) is 5.91 Å². The van der Waals surface area contributed by atoms with Crippen molar-refractivity contribution in [1.29, 1.82) is 0 Å². The fourth-order valence-electron chi connectivity index (χ4n) is 2.69. The van der Waals surface area contributed by atoms with Crippen LogP contribution in [0.2, 0.25) is 5.02 Å². The molecular formula is C15H21ClN2O. The molecule has 3 N–H and O–H groups in total. The van der Waals surface area contributed by atoms with Gasteiger partial charge in [0.05, 0.1) is 16.4 Å². The summed E-state index contributed by atoms with van der Waals surface area (Å²) in [6, 6.07) is 5.25. The Hall–Kier alpha value is -1.22. The highest BCUT2D eigenvalue weighted by molar-refractivity contribution is 6.34. The maximum atomic E-state index is 12.1. The maximum Gasteiger partial charge on any atom is 0.224 e. The van der Waals surface area contributed by atoms with E-state index in [0.29, 0.717) is 28.7 Å². The molecule has 104 valence electrons. The van der Waals surface area contributed by atoms with Gasteiger partial charge in [0.15, 0.2) is 0 Å². The first-order valence-corrected chi connectivity index (χ1v) is 7.38. The van der Waals surface area contributed by atoms with E-state index >= 15 is 0 Å². The molecule has 1 aromatic rings. The lowest BCUT2D eigenvalue weighted by Crippen LogP contribution is -2.17. The Bertz CT molecular complexity index is 420. The van der Waals surface area contributed by atoms with Crippen LogP contribution in [0.4, 0.5) is 11.4 Å². The number of halogens is 1. The van der Waals surface area contributed by atoms with E-state index in [1.54, 1.807) is 18.2 Å². The van der Waals surface area contributed by atoms with Crippen LogP contribution in [0, 0.1) is 5.92 Å². The first-order valence-electron chi connectivity index (χ1n) is 7.00. The van der Waals surface area contributed by atoms with Crippen molar-refractivity contribution < 1.29 is 4.79 Å². The van der Waals surface area contributed by atoms with Gasteiger partial charge >= 0.3 is 0 Å². The highest BCUT2D eigenvalue weighted by atomic mass is 35.5. The number of rotatable bonds is 3. The summed E-state index contributed by atoms with van der Waals surface area (Å²) in [6.07, 6.45) is 7.98. The predicted octanol–water partition coefficient (Wildman–Crippen LogP) is 4.22. The Morgan fingerprint density at radius 1 is 1.26 bits per heavy atom.